The summed E-state index contributed by atoms with van der Waals surface area (Å²) in [5.41, 5.74) is 5.12. The minimum absolute atomic E-state index is 0.201. The van der Waals surface area contributed by atoms with Crippen molar-refractivity contribution in [3.63, 3.8) is 0 Å². The van der Waals surface area contributed by atoms with Crippen LogP contribution in [0, 0.1) is 0 Å². The third kappa shape index (κ3) is 6.39. The van der Waals surface area contributed by atoms with E-state index in [9.17, 15) is 9.59 Å². The molecule has 5 aromatic rings. The van der Waals surface area contributed by atoms with Crippen LogP contribution in [-0.4, -0.2) is 35.4 Å². The summed E-state index contributed by atoms with van der Waals surface area (Å²) in [6.07, 6.45) is 3.68. The van der Waals surface area contributed by atoms with E-state index < -0.39 is 5.91 Å². The number of hydrogen-bond donors (Lipinski definition) is 1. The largest absolute Gasteiger partial charge is 0.493 e. The Morgan fingerprint density at radius 1 is 1.03 bits per heavy atom. The number of amides is 1. The van der Waals surface area contributed by atoms with Crippen LogP contribution in [0.5, 0.6) is 11.5 Å². The van der Waals surface area contributed by atoms with Crippen LogP contribution in [0.15, 0.2) is 101 Å². The van der Waals surface area contributed by atoms with Crippen LogP contribution in [0.25, 0.3) is 20.7 Å². The number of aromatic nitrogens is 2. The number of carbonyl (C=O) groups excluding carboxylic acids is 1. The van der Waals surface area contributed by atoms with E-state index in [0.717, 1.165) is 22.4 Å². The zero-order chi connectivity index (χ0) is 27.0. The number of nitrogens with one attached hydrogen (secondary N) is 1. The third-order valence-corrected chi connectivity index (χ3v) is 7.06. The van der Waals surface area contributed by atoms with E-state index >= 15 is 0 Å². The zero-order valence-corrected chi connectivity index (χ0v) is 22.1. The van der Waals surface area contributed by atoms with E-state index in [4.69, 9.17) is 9.47 Å². The lowest BCUT2D eigenvalue weighted by molar-refractivity contribution is -0.121. The summed E-state index contributed by atoms with van der Waals surface area (Å²) in [6.45, 7) is 0.315. The van der Waals surface area contributed by atoms with Gasteiger partial charge < -0.3 is 9.47 Å². The lowest BCUT2D eigenvalue weighted by atomic mass is 10.2. The summed E-state index contributed by atoms with van der Waals surface area (Å²) < 4.78 is 12.6. The smallest absolute Gasteiger partial charge is 0.262 e. The van der Waals surface area contributed by atoms with Crippen LogP contribution in [0.4, 0.5) is 0 Å². The molecule has 0 saturated carbocycles. The predicted molar refractivity (Wildman–Crippen MR) is 154 cm³/mol. The van der Waals surface area contributed by atoms with Crippen molar-refractivity contribution in [3.8, 4) is 21.9 Å². The number of carbonyl (C=O) groups is 1. The molecule has 0 bridgehead atoms. The molecule has 1 amide bonds. The minimum atomic E-state index is -0.444. The first-order chi connectivity index (χ1) is 19.1. The van der Waals surface area contributed by atoms with Gasteiger partial charge in [-0.3, -0.25) is 14.2 Å². The molecule has 9 heteroatoms. The average Bonchev–Trinajstić information content (AvgIpc) is 3.41. The van der Waals surface area contributed by atoms with Crippen molar-refractivity contribution in [1.29, 1.82) is 0 Å². The van der Waals surface area contributed by atoms with E-state index in [1.165, 1.54) is 34.0 Å². The van der Waals surface area contributed by atoms with E-state index in [-0.39, 0.29) is 12.1 Å². The molecule has 0 atom stereocenters. The second kappa shape index (κ2) is 12.2. The van der Waals surface area contributed by atoms with Gasteiger partial charge in [-0.25, -0.2) is 10.4 Å². The maximum atomic E-state index is 12.9. The molecule has 2 aromatic heterocycles. The molecule has 0 aliphatic carbocycles. The van der Waals surface area contributed by atoms with Crippen LogP contribution in [0.3, 0.4) is 0 Å². The van der Waals surface area contributed by atoms with Gasteiger partial charge in [-0.05, 0) is 41.0 Å². The van der Waals surface area contributed by atoms with Gasteiger partial charge in [-0.2, -0.15) is 5.10 Å². The Morgan fingerprint density at radius 3 is 2.56 bits per heavy atom. The monoisotopic (exact) mass is 538 g/mol. The van der Waals surface area contributed by atoms with Crippen molar-refractivity contribution in [2.45, 2.75) is 13.0 Å². The number of benzene rings is 3. The molecule has 8 nitrogen and oxygen atoms in total. The molecular formula is C30H26N4O4S. The molecule has 1 N–H and O–H groups in total. The van der Waals surface area contributed by atoms with Crippen LogP contribution in [0.1, 0.15) is 11.1 Å². The van der Waals surface area contributed by atoms with Gasteiger partial charge in [0.25, 0.3) is 11.5 Å². The fourth-order valence-electron chi connectivity index (χ4n) is 3.99. The maximum absolute atomic E-state index is 12.9. The van der Waals surface area contributed by atoms with Crippen molar-refractivity contribution in [2.75, 3.05) is 13.7 Å². The molecule has 3 aromatic carbocycles. The van der Waals surface area contributed by atoms with Crippen LogP contribution < -0.4 is 20.5 Å². The predicted octanol–water partition coefficient (Wildman–Crippen LogP) is 4.91. The Morgan fingerprint density at radius 2 is 1.79 bits per heavy atom. The fourth-order valence-corrected chi connectivity index (χ4v) is 4.99. The van der Waals surface area contributed by atoms with E-state index in [1.54, 1.807) is 19.2 Å². The molecule has 5 rings (SSSR count). The zero-order valence-electron chi connectivity index (χ0n) is 21.2. The van der Waals surface area contributed by atoms with Gasteiger partial charge >= 0.3 is 0 Å². The summed E-state index contributed by atoms with van der Waals surface area (Å²) in [4.78, 5) is 31.4. The van der Waals surface area contributed by atoms with E-state index in [1.807, 2.05) is 60.7 Å². The summed E-state index contributed by atoms with van der Waals surface area (Å²) in [5, 5.41) is 4.51. The first-order valence-corrected chi connectivity index (χ1v) is 13.1. The number of thiophene rings is 1. The molecular weight excluding hydrogens is 512 g/mol. The number of rotatable bonds is 10. The maximum Gasteiger partial charge on any atom is 0.262 e. The first kappa shape index (κ1) is 25.9. The van der Waals surface area contributed by atoms with Crippen LogP contribution in [-0.2, 0) is 17.8 Å². The number of hydrazone groups is 1. The lowest BCUT2D eigenvalue weighted by Gasteiger charge is -2.11. The van der Waals surface area contributed by atoms with Gasteiger partial charge in [0.1, 0.15) is 11.4 Å². The molecule has 0 radical (unpaired) electrons. The van der Waals surface area contributed by atoms with Crippen LogP contribution in [0.2, 0.25) is 0 Å². The lowest BCUT2D eigenvalue weighted by Crippen LogP contribution is -2.29. The molecule has 0 aliphatic rings. The molecule has 39 heavy (non-hydrogen) atoms. The number of nitrogens with zero attached hydrogens (tertiary/aromatic N) is 3. The minimum Gasteiger partial charge on any atom is -0.493 e. The second-order valence-corrected chi connectivity index (χ2v) is 9.69. The van der Waals surface area contributed by atoms with Crippen molar-refractivity contribution in [1.82, 2.24) is 15.0 Å². The molecule has 2 heterocycles. The van der Waals surface area contributed by atoms with Crippen molar-refractivity contribution >= 4 is 33.7 Å². The summed E-state index contributed by atoms with van der Waals surface area (Å²) >= 11 is 1.44. The van der Waals surface area contributed by atoms with E-state index in [0.29, 0.717) is 28.3 Å². The number of methoxy groups -OCH3 is 1. The van der Waals surface area contributed by atoms with Gasteiger partial charge in [0, 0.05) is 11.3 Å². The number of hydrogen-bond acceptors (Lipinski definition) is 7. The number of fused-ring (bicyclic) bond motifs is 1. The SMILES string of the molecule is COc1cc(/C=N\NC(=O)Cn2cnc3sc(-c4ccccc4)cc3c2=O)ccc1OCCc1ccccc1. The van der Waals surface area contributed by atoms with Crippen molar-refractivity contribution < 1.29 is 14.3 Å². The molecule has 0 saturated heterocycles. The van der Waals surface area contributed by atoms with Gasteiger partial charge in [-0.1, -0.05) is 60.7 Å². The highest BCUT2D eigenvalue weighted by Crippen LogP contribution is 2.30. The summed E-state index contributed by atoms with van der Waals surface area (Å²) in [7, 11) is 1.57. The molecule has 0 fully saturated rings. The Kier molecular flexibility index (Phi) is 8.09. The topological polar surface area (TPSA) is 94.8 Å². The highest BCUT2D eigenvalue weighted by atomic mass is 32.1. The molecule has 196 valence electrons. The van der Waals surface area contributed by atoms with E-state index in [2.05, 4.69) is 27.6 Å². The normalized spacial score (nSPS) is 11.1. The van der Waals surface area contributed by atoms with Crippen molar-refractivity contribution in [2.24, 2.45) is 5.10 Å². The third-order valence-electron chi connectivity index (χ3n) is 5.97. The average molecular weight is 539 g/mol. The van der Waals surface area contributed by atoms with Crippen LogP contribution >= 0.6 is 11.3 Å². The first-order valence-electron chi connectivity index (χ1n) is 12.3. The van der Waals surface area contributed by atoms with Gasteiger partial charge in [-0.15, -0.1) is 11.3 Å². The van der Waals surface area contributed by atoms with Gasteiger partial charge in [0.2, 0.25) is 0 Å². The standard InChI is InChI=1S/C30H26N4O4S/c1-37-26-16-22(12-13-25(26)38-15-14-21-8-4-2-5-9-21)18-32-33-28(35)19-34-20-31-29-24(30(34)36)17-27(39-29)23-10-6-3-7-11-23/h2-13,16-18,20H,14-15,19H2,1H3,(H,33,35)/b32-18-. The number of ether oxygens (including phenoxy) is 2. The highest BCUT2D eigenvalue weighted by molar-refractivity contribution is 7.21. The molecule has 0 spiro atoms. The second-order valence-electron chi connectivity index (χ2n) is 8.66. The summed E-state index contributed by atoms with van der Waals surface area (Å²) in [5.74, 6) is 0.747. The quantitative estimate of drug-likeness (QED) is 0.202. The van der Waals surface area contributed by atoms with Gasteiger partial charge in [0.15, 0.2) is 11.5 Å². The van der Waals surface area contributed by atoms with Crippen molar-refractivity contribution in [3.05, 3.63) is 113 Å². The molecule has 0 unspecified atom stereocenters. The fraction of sp³-hybridized carbons (Fsp3) is 0.133. The highest BCUT2D eigenvalue weighted by Gasteiger charge is 2.12. The molecule has 0 aliphatic heterocycles. The summed E-state index contributed by atoms with van der Waals surface area (Å²) in [6, 6.07) is 27.1. The van der Waals surface area contributed by atoms with Gasteiger partial charge in [0.05, 0.1) is 31.6 Å². The Balaban J connectivity index is 1.19. The Bertz CT molecular complexity index is 1660. The Hall–Kier alpha value is -4.76. The Labute approximate surface area is 229 Å².